The Kier molecular flexibility index (Phi) is 5.75. The molecule has 0 unspecified atom stereocenters. The van der Waals surface area contributed by atoms with Crippen molar-refractivity contribution in [2.45, 2.75) is 44.8 Å². The molecule has 0 saturated carbocycles. The highest BCUT2D eigenvalue weighted by Gasteiger charge is 2.34. The number of fused-ring (bicyclic) bond motifs is 2. The Balaban J connectivity index is 1.34. The molecule has 6 nitrogen and oxygen atoms in total. The van der Waals surface area contributed by atoms with Crippen LogP contribution in [0, 0.1) is 6.92 Å². The van der Waals surface area contributed by atoms with Gasteiger partial charge in [0.15, 0.2) is 5.13 Å². The summed E-state index contributed by atoms with van der Waals surface area (Å²) in [5, 5.41) is 0.915. The first-order chi connectivity index (χ1) is 17.3. The molecule has 0 amide bonds. The number of likely N-dealkylation sites (tertiary alicyclic amines) is 1. The van der Waals surface area contributed by atoms with E-state index in [1.807, 2.05) is 12.1 Å². The Hall–Kier alpha value is -2.98. The van der Waals surface area contributed by atoms with Gasteiger partial charge in [-0.2, -0.15) is 13.2 Å². The number of para-hydroxylation sites is 1. The summed E-state index contributed by atoms with van der Waals surface area (Å²) in [5.74, 6) is 0.206. The molecule has 0 radical (unpaired) electrons. The van der Waals surface area contributed by atoms with Crippen LogP contribution in [-0.2, 0) is 6.18 Å². The summed E-state index contributed by atoms with van der Waals surface area (Å²) in [5.41, 5.74) is -0.319. The lowest BCUT2D eigenvalue weighted by Gasteiger charge is -2.32. The van der Waals surface area contributed by atoms with E-state index in [4.69, 9.17) is 4.98 Å². The van der Waals surface area contributed by atoms with Crippen LogP contribution < -0.4 is 10.5 Å². The van der Waals surface area contributed by atoms with Gasteiger partial charge in [-0.15, -0.1) is 0 Å². The van der Waals surface area contributed by atoms with Crippen LogP contribution in [0.15, 0.2) is 41.2 Å². The summed E-state index contributed by atoms with van der Waals surface area (Å²) in [6, 6.07) is 9.69. The molecule has 4 aromatic rings. The first kappa shape index (κ1) is 23.4. The minimum absolute atomic E-state index is 0.0543. The number of anilines is 1. The lowest BCUT2D eigenvalue weighted by Crippen LogP contribution is -2.40. The number of alkyl halides is 3. The lowest BCUT2D eigenvalue weighted by atomic mass is 10.1. The molecule has 2 saturated heterocycles. The number of aromatic nitrogens is 3. The van der Waals surface area contributed by atoms with Crippen molar-refractivity contribution in [2.75, 3.05) is 31.1 Å². The van der Waals surface area contributed by atoms with E-state index in [-0.39, 0.29) is 16.7 Å². The van der Waals surface area contributed by atoms with Crippen molar-refractivity contribution in [2.24, 2.45) is 0 Å². The van der Waals surface area contributed by atoms with Crippen molar-refractivity contribution in [1.82, 2.24) is 19.4 Å². The van der Waals surface area contributed by atoms with Gasteiger partial charge in [0.1, 0.15) is 5.82 Å². The van der Waals surface area contributed by atoms with Crippen LogP contribution in [0.2, 0.25) is 0 Å². The van der Waals surface area contributed by atoms with E-state index in [2.05, 4.69) is 14.8 Å². The van der Waals surface area contributed by atoms with Crippen LogP contribution in [0.25, 0.3) is 26.8 Å². The molecule has 0 bridgehead atoms. The second-order valence-electron chi connectivity index (χ2n) is 9.63. The predicted molar refractivity (Wildman–Crippen MR) is 136 cm³/mol. The quantitative estimate of drug-likeness (QED) is 0.368. The van der Waals surface area contributed by atoms with E-state index >= 15 is 0 Å². The van der Waals surface area contributed by atoms with Crippen molar-refractivity contribution in [3.8, 4) is 5.69 Å². The molecule has 4 heterocycles. The Bertz CT molecular complexity index is 1510. The summed E-state index contributed by atoms with van der Waals surface area (Å²) >= 11 is 1.58. The van der Waals surface area contributed by atoms with Crippen LogP contribution in [0.4, 0.5) is 18.3 Å². The normalized spacial score (nSPS) is 19.6. The highest BCUT2D eigenvalue weighted by molar-refractivity contribution is 7.22. The van der Waals surface area contributed by atoms with Crippen LogP contribution in [0.3, 0.4) is 0 Å². The standard InChI is InChI=1S/C26H26F3N5OS/c1-16-30-23-19(6-5-7-20(23)26(27,28)29)24(35)34(16)17-8-9-21-22(14-17)36-25(31-21)33-13-10-18(15-33)32-11-3-2-4-12-32/h5-9,14,18H,2-4,10-13,15H2,1H3/t18-/m1/s1. The molecule has 2 aliphatic rings. The molecule has 188 valence electrons. The number of benzene rings is 2. The van der Waals surface area contributed by atoms with Gasteiger partial charge in [-0.3, -0.25) is 14.3 Å². The number of nitrogens with zero attached hydrogens (tertiary/aromatic N) is 5. The Morgan fingerprint density at radius 3 is 2.61 bits per heavy atom. The smallest absolute Gasteiger partial charge is 0.346 e. The molecular weight excluding hydrogens is 487 g/mol. The molecular formula is C26H26F3N5OS. The summed E-state index contributed by atoms with van der Waals surface area (Å²) < 4.78 is 42.7. The van der Waals surface area contributed by atoms with E-state index < -0.39 is 17.3 Å². The molecule has 10 heteroatoms. The van der Waals surface area contributed by atoms with Crippen molar-refractivity contribution in [3.63, 3.8) is 0 Å². The Morgan fingerprint density at radius 1 is 1.03 bits per heavy atom. The zero-order valence-electron chi connectivity index (χ0n) is 19.9. The van der Waals surface area contributed by atoms with Crippen molar-refractivity contribution in [3.05, 3.63) is 58.1 Å². The van der Waals surface area contributed by atoms with E-state index in [9.17, 15) is 18.0 Å². The first-order valence-electron chi connectivity index (χ1n) is 12.3. The highest BCUT2D eigenvalue weighted by Crippen LogP contribution is 2.35. The molecule has 0 N–H and O–H groups in total. The average molecular weight is 514 g/mol. The van der Waals surface area contributed by atoms with Crippen LogP contribution in [0.1, 0.15) is 37.1 Å². The van der Waals surface area contributed by atoms with Crippen LogP contribution in [-0.4, -0.2) is 51.7 Å². The number of hydrogen-bond acceptors (Lipinski definition) is 6. The van der Waals surface area contributed by atoms with Crippen molar-refractivity contribution >= 4 is 37.6 Å². The van der Waals surface area contributed by atoms with E-state index in [1.54, 1.807) is 24.3 Å². The maximum absolute atomic E-state index is 13.5. The highest BCUT2D eigenvalue weighted by atomic mass is 32.1. The zero-order valence-corrected chi connectivity index (χ0v) is 20.7. The minimum atomic E-state index is -4.59. The van der Waals surface area contributed by atoms with Gasteiger partial charge in [0, 0.05) is 19.1 Å². The topological polar surface area (TPSA) is 54.3 Å². The van der Waals surface area contributed by atoms with Gasteiger partial charge in [0.2, 0.25) is 0 Å². The van der Waals surface area contributed by atoms with Crippen molar-refractivity contribution in [1.29, 1.82) is 0 Å². The Morgan fingerprint density at radius 2 is 1.83 bits per heavy atom. The molecule has 36 heavy (non-hydrogen) atoms. The number of halogens is 3. The third-order valence-electron chi connectivity index (χ3n) is 7.33. The SMILES string of the molecule is Cc1nc2c(C(F)(F)F)cccc2c(=O)n1-c1ccc2nc(N3CC[C@@H](N4CCCCC4)C3)sc2c1. The van der Waals surface area contributed by atoms with Gasteiger partial charge in [0.25, 0.3) is 5.56 Å². The second kappa shape index (κ2) is 8.85. The van der Waals surface area contributed by atoms with E-state index in [1.165, 1.54) is 49.1 Å². The summed E-state index contributed by atoms with van der Waals surface area (Å²) in [4.78, 5) is 27.3. The fourth-order valence-corrected chi connectivity index (χ4v) is 6.55. The summed E-state index contributed by atoms with van der Waals surface area (Å²) in [6.45, 7) is 5.87. The fraction of sp³-hybridized carbons (Fsp3) is 0.423. The molecule has 2 aromatic heterocycles. The van der Waals surface area contributed by atoms with Gasteiger partial charge >= 0.3 is 6.18 Å². The predicted octanol–water partition coefficient (Wildman–Crippen LogP) is 5.39. The van der Waals surface area contributed by atoms with Gasteiger partial charge in [-0.05, 0) is 69.6 Å². The van der Waals surface area contributed by atoms with Gasteiger partial charge in [-0.25, -0.2) is 9.97 Å². The number of hydrogen-bond donors (Lipinski definition) is 0. The molecule has 2 aromatic carbocycles. The number of thiazole rings is 1. The van der Waals surface area contributed by atoms with E-state index in [0.29, 0.717) is 11.7 Å². The largest absolute Gasteiger partial charge is 0.418 e. The number of piperidine rings is 1. The summed E-state index contributed by atoms with van der Waals surface area (Å²) in [6.07, 6.45) is 0.434. The lowest BCUT2D eigenvalue weighted by molar-refractivity contribution is -0.136. The molecule has 2 fully saturated rings. The second-order valence-corrected chi connectivity index (χ2v) is 10.6. The zero-order chi connectivity index (χ0) is 25.0. The van der Waals surface area contributed by atoms with Gasteiger partial charge in [-0.1, -0.05) is 23.8 Å². The molecule has 6 rings (SSSR count). The molecule has 0 aliphatic carbocycles. The number of rotatable bonds is 3. The van der Waals surface area contributed by atoms with Gasteiger partial charge < -0.3 is 4.90 Å². The maximum Gasteiger partial charge on any atom is 0.418 e. The van der Waals surface area contributed by atoms with Crippen molar-refractivity contribution < 1.29 is 13.2 Å². The van der Waals surface area contributed by atoms with Crippen LogP contribution in [0.5, 0.6) is 0 Å². The molecule has 2 aliphatic heterocycles. The molecule has 0 spiro atoms. The van der Waals surface area contributed by atoms with Crippen LogP contribution >= 0.6 is 11.3 Å². The fourth-order valence-electron chi connectivity index (χ4n) is 5.52. The van der Waals surface area contributed by atoms with E-state index in [0.717, 1.165) is 40.9 Å². The summed E-state index contributed by atoms with van der Waals surface area (Å²) in [7, 11) is 0. The van der Waals surface area contributed by atoms with Gasteiger partial charge in [0.05, 0.1) is 32.4 Å². The molecule has 1 atom stereocenters. The third kappa shape index (κ3) is 4.06. The Labute approximate surface area is 210 Å². The first-order valence-corrected chi connectivity index (χ1v) is 13.1. The minimum Gasteiger partial charge on any atom is -0.346 e. The maximum atomic E-state index is 13.5. The third-order valence-corrected chi connectivity index (χ3v) is 8.41. The average Bonchev–Trinajstić information content (AvgIpc) is 3.51. The monoisotopic (exact) mass is 513 g/mol. The number of aryl methyl sites for hydroxylation is 1.